The largest absolute Gasteiger partial charge is 0.477 e. The number of carbonyl (C=O) groups excluding carboxylic acids is 2. The zero-order chi connectivity index (χ0) is 15.0. The second-order valence-electron chi connectivity index (χ2n) is 4.66. The smallest absolute Gasteiger partial charge is 0.354 e. The van der Waals surface area contributed by atoms with Crippen LogP contribution in [0.5, 0.6) is 0 Å². The predicted octanol–water partition coefficient (Wildman–Crippen LogP) is 1.38. The molecule has 0 radical (unpaired) electrons. The van der Waals surface area contributed by atoms with Gasteiger partial charge in [-0.05, 0) is 23.6 Å². The minimum absolute atomic E-state index is 0.0310. The van der Waals surface area contributed by atoms with Crippen molar-refractivity contribution in [1.29, 1.82) is 0 Å². The van der Waals surface area contributed by atoms with Crippen LogP contribution in [-0.4, -0.2) is 34.5 Å². The van der Waals surface area contributed by atoms with E-state index in [1.54, 1.807) is 18.2 Å². The number of carboxylic acids is 1. The molecule has 1 fully saturated rings. The first-order chi connectivity index (χ1) is 10.0. The molecule has 0 saturated carbocycles. The van der Waals surface area contributed by atoms with Gasteiger partial charge in [0.1, 0.15) is 5.69 Å². The average Bonchev–Trinajstić information content (AvgIpc) is 2.46. The number of amides is 3. The third-order valence-corrected chi connectivity index (χ3v) is 3.29. The summed E-state index contributed by atoms with van der Waals surface area (Å²) in [5, 5.41) is 12.6. The van der Waals surface area contributed by atoms with Crippen LogP contribution in [0.25, 0.3) is 10.8 Å². The Morgan fingerprint density at radius 2 is 2.05 bits per heavy atom. The van der Waals surface area contributed by atoms with Crippen molar-refractivity contribution in [1.82, 2.24) is 10.3 Å². The van der Waals surface area contributed by atoms with Crippen molar-refractivity contribution in [3.63, 3.8) is 0 Å². The van der Waals surface area contributed by atoms with Crippen molar-refractivity contribution in [3.05, 3.63) is 36.2 Å². The predicted molar refractivity (Wildman–Crippen MR) is 74.2 cm³/mol. The zero-order valence-electron chi connectivity index (χ0n) is 10.9. The first-order valence-corrected chi connectivity index (χ1v) is 6.29. The fraction of sp³-hybridized carbons (Fsp3) is 0.143. The number of hydrogen-bond acceptors (Lipinski definition) is 4. The Morgan fingerprint density at radius 3 is 2.76 bits per heavy atom. The Bertz CT molecular complexity index is 772. The number of pyridine rings is 1. The highest BCUT2D eigenvalue weighted by atomic mass is 16.4. The molecular formula is C14H11N3O4. The molecule has 0 spiro atoms. The van der Waals surface area contributed by atoms with Crippen LogP contribution in [0.3, 0.4) is 0 Å². The molecule has 2 aromatic rings. The molecule has 3 amide bonds. The molecule has 1 aliphatic rings. The van der Waals surface area contributed by atoms with Crippen LogP contribution in [0.1, 0.15) is 16.9 Å². The van der Waals surface area contributed by atoms with Crippen molar-refractivity contribution < 1.29 is 19.5 Å². The van der Waals surface area contributed by atoms with Crippen LogP contribution in [0.15, 0.2) is 30.5 Å². The van der Waals surface area contributed by atoms with Crippen molar-refractivity contribution in [3.8, 4) is 0 Å². The lowest BCUT2D eigenvalue weighted by Crippen LogP contribution is -2.49. The molecule has 0 atom stereocenters. The first-order valence-electron chi connectivity index (χ1n) is 6.29. The molecule has 2 N–H and O–H groups in total. The molecule has 1 aromatic carbocycles. The van der Waals surface area contributed by atoms with Crippen LogP contribution in [0, 0.1) is 0 Å². The number of aromatic nitrogens is 1. The molecule has 7 heteroatoms. The Morgan fingerprint density at radius 1 is 1.24 bits per heavy atom. The third kappa shape index (κ3) is 2.40. The first kappa shape index (κ1) is 13.0. The highest BCUT2D eigenvalue weighted by Gasteiger charge is 2.24. The Kier molecular flexibility index (Phi) is 3.02. The Balaban J connectivity index is 1.98. The molecule has 1 saturated heterocycles. The SMILES string of the molecule is O=C1CCN(c2ccc3cc(C(=O)O)ncc3c2)C(=O)N1. The van der Waals surface area contributed by atoms with E-state index in [2.05, 4.69) is 10.3 Å². The van der Waals surface area contributed by atoms with E-state index in [-0.39, 0.29) is 18.0 Å². The fourth-order valence-corrected chi connectivity index (χ4v) is 2.22. The Hall–Kier alpha value is -2.96. The molecule has 106 valence electrons. The minimum atomic E-state index is -1.09. The molecule has 21 heavy (non-hydrogen) atoms. The maximum Gasteiger partial charge on any atom is 0.354 e. The van der Waals surface area contributed by atoms with E-state index in [1.807, 2.05) is 0 Å². The molecular weight excluding hydrogens is 274 g/mol. The Labute approximate surface area is 119 Å². The number of benzene rings is 1. The summed E-state index contributed by atoms with van der Waals surface area (Å²) in [6.45, 7) is 0.316. The highest BCUT2D eigenvalue weighted by Crippen LogP contribution is 2.23. The summed E-state index contributed by atoms with van der Waals surface area (Å²) in [5.74, 6) is -1.38. The van der Waals surface area contributed by atoms with Gasteiger partial charge in [-0.15, -0.1) is 0 Å². The number of carboxylic acid groups (broad SMARTS) is 1. The summed E-state index contributed by atoms with van der Waals surface area (Å²) in [7, 11) is 0. The topological polar surface area (TPSA) is 99.6 Å². The molecule has 1 aromatic heterocycles. The number of nitrogens with zero attached hydrogens (tertiary/aromatic N) is 2. The van der Waals surface area contributed by atoms with Crippen LogP contribution in [-0.2, 0) is 4.79 Å². The molecule has 0 unspecified atom stereocenters. The molecule has 7 nitrogen and oxygen atoms in total. The van der Waals surface area contributed by atoms with E-state index < -0.39 is 12.0 Å². The summed E-state index contributed by atoms with van der Waals surface area (Å²) in [4.78, 5) is 39.1. The van der Waals surface area contributed by atoms with Crippen LogP contribution < -0.4 is 10.2 Å². The second kappa shape index (κ2) is 4.86. The number of imide groups is 1. The number of carbonyl (C=O) groups is 3. The van der Waals surface area contributed by atoms with Gasteiger partial charge in [-0.25, -0.2) is 14.6 Å². The lowest BCUT2D eigenvalue weighted by Gasteiger charge is -2.26. The van der Waals surface area contributed by atoms with Gasteiger partial charge in [0.25, 0.3) is 0 Å². The molecule has 0 bridgehead atoms. The molecule has 2 heterocycles. The molecule has 3 rings (SSSR count). The van der Waals surface area contributed by atoms with E-state index in [1.165, 1.54) is 17.2 Å². The van der Waals surface area contributed by atoms with Gasteiger partial charge >= 0.3 is 12.0 Å². The zero-order valence-corrected chi connectivity index (χ0v) is 10.9. The third-order valence-electron chi connectivity index (χ3n) is 3.29. The standard InChI is InChI=1S/C14H11N3O4/c18-12-3-4-17(14(21)16-12)10-2-1-8-6-11(13(19)20)15-7-9(8)5-10/h1-2,5-7H,3-4H2,(H,19,20)(H,16,18,21). The minimum Gasteiger partial charge on any atom is -0.477 e. The number of aromatic carboxylic acids is 1. The maximum atomic E-state index is 11.8. The van der Waals surface area contributed by atoms with E-state index >= 15 is 0 Å². The van der Waals surface area contributed by atoms with E-state index in [4.69, 9.17) is 5.11 Å². The fourth-order valence-electron chi connectivity index (χ4n) is 2.22. The lowest BCUT2D eigenvalue weighted by atomic mass is 10.1. The summed E-state index contributed by atoms with van der Waals surface area (Å²) < 4.78 is 0. The molecule has 0 aliphatic carbocycles. The monoisotopic (exact) mass is 285 g/mol. The van der Waals surface area contributed by atoms with E-state index in [9.17, 15) is 14.4 Å². The summed E-state index contributed by atoms with van der Waals surface area (Å²) >= 11 is 0. The van der Waals surface area contributed by atoms with Gasteiger partial charge in [-0.2, -0.15) is 0 Å². The van der Waals surface area contributed by atoms with Gasteiger partial charge in [0.15, 0.2) is 0 Å². The molecule has 1 aliphatic heterocycles. The van der Waals surface area contributed by atoms with Crippen LogP contribution >= 0.6 is 0 Å². The number of rotatable bonds is 2. The van der Waals surface area contributed by atoms with Gasteiger partial charge in [-0.1, -0.05) is 6.07 Å². The van der Waals surface area contributed by atoms with Crippen molar-refractivity contribution in [2.75, 3.05) is 11.4 Å². The summed E-state index contributed by atoms with van der Waals surface area (Å²) in [5.41, 5.74) is 0.605. The van der Waals surface area contributed by atoms with Crippen molar-refractivity contribution >= 4 is 34.4 Å². The number of nitrogens with one attached hydrogen (secondary N) is 1. The van der Waals surface area contributed by atoms with E-state index in [0.29, 0.717) is 12.2 Å². The van der Waals surface area contributed by atoms with Gasteiger partial charge in [-0.3, -0.25) is 15.0 Å². The highest BCUT2D eigenvalue weighted by molar-refractivity contribution is 6.06. The van der Waals surface area contributed by atoms with Crippen molar-refractivity contribution in [2.45, 2.75) is 6.42 Å². The second-order valence-corrected chi connectivity index (χ2v) is 4.66. The normalized spacial score (nSPS) is 15.1. The number of urea groups is 1. The summed E-state index contributed by atoms with van der Waals surface area (Å²) in [6, 6.07) is 6.19. The average molecular weight is 285 g/mol. The van der Waals surface area contributed by atoms with Gasteiger partial charge in [0, 0.05) is 30.2 Å². The van der Waals surface area contributed by atoms with Gasteiger partial charge in [0.2, 0.25) is 5.91 Å². The van der Waals surface area contributed by atoms with Crippen molar-refractivity contribution in [2.24, 2.45) is 0 Å². The quantitative estimate of drug-likeness (QED) is 0.868. The van der Waals surface area contributed by atoms with E-state index in [0.717, 1.165) is 10.8 Å². The number of hydrogen-bond donors (Lipinski definition) is 2. The lowest BCUT2D eigenvalue weighted by molar-refractivity contribution is -0.120. The van der Waals surface area contributed by atoms with Crippen LogP contribution in [0.2, 0.25) is 0 Å². The number of anilines is 1. The summed E-state index contributed by atoms with van der Waals surface area (Å²) in [6.07, 6.45) is 1.70. The number of fused-ring (bicyclic) bond motifs is 1. The van der Waals surface area contributed by atoms with Gasteiger partial charge < -0.3 is 5.11 Å². The van der Waals surface area contributed by atoms with Crippen LogP contribution in [0.4, 0.5) is 10.5 Å². The maximum absolute atomic E-state index is 11.8. The van der Waals surface area contributed by atoms with Gasteiger partial charge in [0.05, 0.1) is 0 Å².